The van der Waals surface area contributed by atoms with Crippen molar-refractivity contribution in [2.24, 2.45) is 0 Å². The highest BCUT2D eigenvalue weighted by atomic mass is 127. The highest BCUT2D eigenvalue weighted by Gasteiger charge is 1.99. The molecule has 0 fully saturated rings. The number of benzene rings is 1. The fraction of sp³-hybridized carbons (Fsp3) is 0.100. The number of halogens is 1. The van der Waals surface area contributed by atoms with Crippen LogP contribution in [0.1, 0.15) is 5.56 Å². The topological polar surface area (TPSA) is 29.1 Å². The monoisotopic (exact) mass is 285 g/mol. The lowest BCUT2D eigenvalue weighted by molar-refractivity contribution is -0.111. The predicted molar refractivity (Wildman–Crippen MR) is 61.4 cm³/mol. The van der Waals surface area contributed by atoms with Crippen molar-refractivity contribution in [1.29, 1.82) is 0 Å². The molecule has 3 heteroatoms. The van der Waals surface area contributed by atoms with Crippen LogP contribution in [-0.2, 0) is 4.79 Å². The van der Waals surface area contributed by atoms with Crippen LogP contribution in [0.3, 0.4) is 0 Å². The Morgan fingerprint density at radius 3 is 2.77 bits per heavy atom. The van der Waals surface area contributed by atoms with Crippen LogP contribution in [0.2, 0.25) is 0 Å². The fourth-order valence-electron chi connectivity index (χ4n) is 0.976. The van der Waals surface area contributed by atoms with Crippen LogP contribution < -0.4 is 5.32 Å². The number of aryl methyl sites for hydroxylation is 1. The van der Waals surface area contributed by atoms with Gasteiger partial charge in [-0.05, 0) is 59.2 Å². The average Bonchev–Trinajstić information content (AvgIpc) is 2.02. The first-order valence-electron chi connectivity index (χ1n) is 3.66. The molecule has 1 aromatic carbocycles. The minimum absolute atomic E-state index is 0.415. The largest absolute Gasteiger partial charge is 0.315 e. The van der Waals surface area contributed by atoms with Crippen molar-refractivity contribution >= 4 is 34.2 Å². The Morgan fingerprint density at radius 1 is 1.54 bits per heavy atom. The summed E-state index contributed by atoms with van der Waals surface area (Å²) in [5, 5.41) is 2.59. The van der Waals surface area contributed by atoms with E-state index < -0.39 is 5.91 Å². The first-order chi connectivity index (χ1) is 6.11. The van der Waals surface area contributed by atoms with E-state index in [1.54, 1.807) is 0 Å². The van der Waals surface area contributed by atoms with Gasteiger partial charge in [-0.15, -0.1) is 6.42 Å². The van der Waals surface area contributed by atoms with Gasteiger partial charge < -0.3 is 5.32 Å². The summed E-state index contributed by atoms with van der Waals surface area (Å²) in [5.41, 5.74) is 1.84. The van der Waals surface area contributed by atoms with Gasteiger partial charge in [0.25, 0.3) is 5.91 Å². The molecule has 0 radical (unpaired) electrons. The van der Waals surface area contributed by atoms with E-state index in [9.17, 15) is 4.79 Å². The molecule has 0 spiro atoms. The molecule has 1 rings (SSSR count). The summed E-state index contributed by atoms with van der Waals surface area (Å²) in [7, 11) is 0. The van der Waals surface area contributed by atoms with Crippen LogP contribution in [0, 0.1) is 22.8 Å². The number of carbonyl (C=O) groups excluding carboxylic acids is 1. The second-order valence-electron chi connectivity index (χ2n) is 2.62. The molecule has 66 valence electrons. The smallest absolute Gasteiger partial charge is 0.300 e. The molecule has 1 amide bonds. The maximum atomic E-state index is 10.9. The van der Waals surface area contributed by atoms with Crippen LogP contribution in [0.15, 0.2) is 18.2 Å². The highest BCUT2D eigenvalue weighted by Crippen LogP contribution is 2.15. The Bertz CT molecular complexity index is 359. The standard InChI is InChI=1S/C10H8INO/c1-3-10(13)12-9-5-7(2)4-8(11)6-9/h1,4-6H,2H3,(H,12,13). The summed E-state index contributed by atoms with van der Waals surface area (Å²) in [4.78, 5) is 10.9. The Labute approximate surface area is 90.9 Å². The fourth-order valence-corrected chi connectivity index (χ4v) is 1.80. The lowest BCUT2D eigenvalue weighted by Crippen LogP contribution is -2.08. The molecule has 0 saturated carbocycles. The van der Waals surface area contributed by atoms with Gasteiger partial charge in [-0.1, -0.05) is 0 Å². The van der Waals surface area contributed by atoms with Gasteiger partial charge in [0.1, 0.15) is 0 Å². The molecule has 0 aliphatic carbocycles. The lowest BCUT2D eigenvalue weighted by atomic mass is 10.2. The third kappa shape index (κ3) is 3.07. The van der Waals surface area contributed by atoms with E-state index in [4.69, 9.17) is 6.42 Å². The molecule has 0 unspecified atom stereocenters. The molecular formula is C10H8INO. The molecular weight excluding hydrogens is 277 g/mol. The zero-order valence-electron chi connectivity index (χ0n) is 7.10. The van der Waals surface area contributed by atoms with Crippen molar-refractivity contribution in [3.8, 4) is 12.3 Å². The van der Waals surface area contributed by atoms with Crippen LogP contribution >= 0.6 is 22.6 Å². The molecule has 0 aliphatic heterocycles. The van der Waals surface area contributed by atoms with E-state index in [2.05, 4.69) is 27.9 Å². The number of hydrogen-bond acceptors (Lipinski definition) is 1. The molecule has 0 saturated heterocycles. The van der Waals surface area contributed by atoms with E-state index in [-0.39, 0.29) is 0 Å². The minimum Gasteiger partial charge on any atom is -0.315 e. The van der Waals surface area contributed by atoms with Gasteiger partial charge in [0.15, 0.2) is 0 Å². The van der Waals surface area contributed by atoms with E-state index >= 15 is 0 Å². The summed E-state index contributed by atoms with van der Waals surface area (Å²) in [6.45, 7) is 1.97. The predicted octanol–water partition coefficient (Wildman–Crippen LogP) is 2.17. The molecule has 0 aromatic heterocycles. The SMILES string of the molecule is C#CC(=O)Nc1cc(C)cc(I)c1. The van der Waals surface area contributed by atoms with Crippen molar-refractivity contribution in [3.05, 3.63) is 27.3 Å². The van der Waals surface area contributed by atoms with Crippen molar-refractivity contribution in [1.82, 2.24) is 0 Å². The second-order valence-corrected chi connectivity index (χ2v) is 3.86. The molecule has 1 N–H and O–H groups in total. The van der Waals surface area contributed by atoms with Gasteiger partial charge in [0.05, 0.1) is 0 Å². The van der Waals surface area contributed by atoms with E-state index in [0.717, 1.165) is 14.8 Å². The van der Waals surface area contributed by atoms with Crippen molar-refractivity contribution in [3.63, 3.8) is 0 Å². The lowest BCUT2D eigenvalue weighted by Gasteiger charge is -2.03. The van der Waals surface area contributed by atoms with Gasteiger partial charge in [0.2, 0.25) is 0 Å². The normalized spacial score (nSPS) is 9.00. The van der Waals surface area contributed by atoms with Crippen molar-refractivity contribution in [2.75, 3.05) is 5.32 Å². The average molecular weight is 285 g/mol. The third-order valence-electron chi connectivity index (χ3n) is 1.43. The molecule has 0 atom stereocenters. The first-order valence-corrected chi connectivity index (χ1v) is 4.74. The summed E-state index contributed by atoms with van der Waals surface area (Å²) in [6.07, 6.45) is 4.93. The van der Waals surface area contributed by atoms with Gasteiger partial charge in [0, 0.05) is 9.26 Å². The minimum atomic E-state index is -0.415. The molecule has 0 aliphatic rings. The Balaban J connectivity index is 2.91. The third-order valence-corrected chi connectivity index (χ3v) is 2.05. The van der Waals surface area contributed by atoms with Crippen LogP contribution in [0.5, 0.6) is 0 Å². The number of anilines is 1. The number of rotatable bonds is 1. The van der Waals surface area contributed by atoms with Gasteiger partial charge in [-0.25, -0.2) is 0 Å². The van der Waals surface area contributed by atoms with E-state index in [1.165, 1.54) is 0 Å². The Kier molecular flexibility index (Phi) is 3.32. The maximum Gasteiger partial charge on any atom is 0.300 e. The molecule has 0 heterocycles. The number of carbonyl (C=O) groups is 1. The highest BCUT2D eigenvalue weighted by molar-refractivity contribution is 14.1. The molecule has 13 heavy (non-hydrogen) atoms. The summed E-state index contributed by atoms with van der Waals surface area (Å²) < 4.78 is 1.07. The van der Waals surface area contributed by atoms with Crippen LogP contribution in [0.25, 0.3) is 0 Å². The van der Waals surface area contributed by atoms with Gasteiger partial charge >= 0.3 is 0 Å². The van der Waals surface area contributed by atoms with Crippen molar-refractivity contribution < 1.29 is 4.79 Å². The van der Waals surface area contributed by atoms with Crippen molar-refractivity contribution in [2.45, 2.75) is 6.92 Å². The Morgan fingerprint density at radius 2 is 2.23 bits per heavy atom. The summed E-state index contributed by atoms with van der Waals surface area (Å²) in [5.74, 6) is 1.58. The van der Waals surface area contributed by atoms with Crippen LogP contribution in [-0.4, -0.2) is 5.91 Å². The van der Waals surface area contributed by atoms with E-state index in [0.29, 0.717) is 0 Å². The summed E-state index contributed by atoms with van der Waals surface area (Å²) >= 11 is 2.19. The molecule has 2 nitrogen and oxygen atoms in total. The number of amides is 1. The zero-order valence-corrected chi connectivity index (χ0v) is 9.25. The first kappa shape index (κ1) is 10.1. The quantitative estimate of drug-likeness (QED) is 0.622. The van der Waals surface area contributed by atoms with Crippen LogP contribution in [0.4, 0.5) is 5.69 Å². The zero-order chi connectivity index (χ0) is 9.84. The van der Waals surface area contributed by atoms with Gasteiger partial charge in [-0.3, -0.25) is 4.79 Å². The molecule has 1 aromatic rings. The summed E-state index contributed by atoms with van der Waals surface area (Å²) in [6, 6.07) is 5.76. The second kappa shape index (κ2) is 4.28. The Hall–Kier alpha value is -1.02. The number of terminal acetylenes is 1. The van der Waals surface area contributed by atoms with Gasteiger partial charge in [-0.2, -0.15) is 0 Å². The van der Waals surface area contributed by atoms with E-state index in [1.807, 2.05) is 31.0 Å². The number of nitrogens with one attached hydrogen (secondary N) is 1. The molecule has 0 bridgehead atoms. The maximum absolute atomic E-state index is 10.9. The number of hydrogen-bond donors (Lipinski definition) is 1.